The van der Waals surface area contributed by atoms with Crippen LogP contribution in [0, 0.1) is 0 Å². The van der Waals surface area contributed by atoms with Gasteiger partial charge in [-0.15, -0.1) is 0 Å². The Bertz CT molecular complexity index is 558. The van der Waals surface area contributed by atoms with Crippen LogP contribution in [0.2, 0.25) is 0 Å². The molecular weight excluding hydrogens is 264 g/mol. The molecule has 1 N–H and O–H groups in total. The zero-order chi connectivity index (χ0) is 15.1. The molecule has 0 saturated carbocycles. The largest absolute Gasteiger partial charge is 0.469 e. The standard InChI is InChI=1S/C17H20N2O2/c1-13(14-8-10-18-11-9-14)19-12-16(17(20)21-2)15-6-4-3-5-7-15/h3-11,13,16,19H,12H2,1-2H3/t13-,16?/m0/s1. The van der Waals surface area contributed by atoms with E-state index in [0.717, 1.165) is 11.1 Å². The van der Waals surface area contributed by atoms with Gasteiger partial charge in [-0.1, -0.05) is 30.3 Å². The van der Waals surface area contributed by atoms with Gasteiger partial charge in [0.25, 0.3) is 0 Å². The monoisotopic (exact) mass is 284 g/mol. The van der Waals surface area contributed by atoms with Gasteiger partial charge < -0.3 is 10.1 Å². The Morgan fingerprint density at radius 1 is 1.14 bits per heavy atom. The van der Waals surface area contributed by atoms with E-state index in [0.29, 0.717) is 6.54 Å². The maximum absolute atomic E-state index is 12.0. The summed E-state index contributed by atoms with van der Waals surface area (Å²) < 4.78 is 4.92. The minimum Gasteiger partial charge on any atom is -0.469 e. The molecule has 1 unspecified atom stereocenters. The van der Waals surface area contributed by atoms with Gasteiger partial charge >= 0.3 is 5.97 Å². The molecule has 0 spiro atoms. The van der Waals surface area contributed by atoms with Crippen molar-refractivity contribution >= 4 is 5.97 Å². The minimum absolute atomic E-state index is 0.142. The molecular formula is C17H20N2O2. The second kappa shape index (κ2) is 7.55. The SMILES string of the molecule is COC(=O)C(CN[C@@H](C)c1ccncc1)c1ccccc1. The smallest absolute Gasteiger partial charge is 0.314 e. The van der Waals surface area contributed by atoms with E-state index in [4.69, 9.17) is 4.74 Å². The number of nitrogens with one attached hydrogen (secondary N) is 1. The van der Waals surface area contributed by atoms with Crippen molar-refractivity contribution in [2.75, 3.05) is 13.7 Å². The van der Waals surface area contributed by atoms with Gasteiger partial charge in [0.1, 0.15) is 0 Å². The van der Waals surface area contributed by atoms with Crippen LogP contribution in [0.25, 0.3) is 0 Å². The van der Waals surface area contributed by atoms with Gasteiger partial charge in [0, 0.05) is 25.0 Å². The normalized spacial score (nSPS) is 13.4. The summed E-state index contributed by atoms with van der Waals surface area (Å²) in [5.41, 5.74) is 2.10. The van der Waals surface area contributed by atoms with Gasteiger partial charge in [-0.3, -0.25) is 9.78 Å². The lowest BCUT2D eigenvalue weighted by Gasteiger charge is -2.19. The number of carbonyl (C=O) groups excluding carboxylic acids is 1. The summed E-state index contributed by atoms with van der Waals surface area (Å²) in [6.45, 7) is 2.59. The number of methoxy groups -OCH3 is 1. The lowest BCUT2D eigenvalue weighted by molar-refractivity contribution is -0.142. The number of hydrogen-bond acceptors (Lipinski definition) is 4. The highest BCUT2D eigenvalue weighted by Crippen LogP contribution is 2.18. The summed E-state index contributed by atoms with van der Waals surface area (Å²) in [5.74, 6) is -0.531. The van der Waals surface area contributed by atoms with Crippen molar-refractivity contribution < 1.29 is 9.53 Å². The quantitative estimate of drug-likeness (QED) is 0.829. The molecule has 2 rings (SSSR count). The fraction of sp³-hybridized carbons (Fsp3) is 0.294. The van der Waals surface area contributed by atoms with Crippen molar-refractivity contribution in [3.8, 4) is 0 Å². The third-order valence-electron chi connectivity index (χ3n) is 3.52. The van der Waals surface area contributed by atoms with Gasteiger partial charge in [0.15, 0.2) is 0 Å². The van der Waals surface area contributed by atoms with Crippen LogP contribution in [-0.4, -0.2) is 24.6 Å². The summed E-state index contributed by atoms with van der Waals surface area (Å²) in [6.07, 6.45) is 3.53. The molecule has 2 aromatic rings. The number of pyridine rings is 1. The molecule has 21 heavy (non-hydrogen) atoms. The van der Waals surface area contributed by atoms with Crippen LogP contribution < -0.4 is 5.32 Å². The van der Waals surface area contributed by atoms with Crippen molar-refractivity contribution in [1.82, 2.24) is 10.3 Å². The zero-order valence-corrected chi connectivity index (χ0v) is 12.3. The number of esters is 1. The third-order valence-corrected chi connectivity index (χ3v) is 3.52. The van der Waals surface area contributed by atoms with Crippen molar-refractivity contribution in [2.24, 2.45) is 0 Å². The summed E-state index contributed by atoms with van der Waals surface area (Å²) in [6, 6.07) is 13.8. The Hall–Kier alpha value is -2.20. The lowest BCUT2D eigenvalue weighted by Crippen LogP contribution is -2.29. The number of hydrogen-bond donors (Lipinski definition) is 1. The number of nitrogens with zero attached hydrogens (tertiary/aromatic N) is 1. The third kappa shape index (κ3) is 4.13. The van der Waals surface area contributed by atoms with Gasteiger partial charge in [0.05, 0.1) is 13.0 Å². The van der Waals surface area contributed by atoms with E-state index in [-0.39, 0.29) is 17.9 Å². The Morgan fingerprint density at radius 3 is 2.43 bits per heavy atom. The van der Waals surface area contributed by atoms with Crippen molar-refractivity contribution in [3.05, 3.63) is 66.0 Å². The van der Waals surface area contributed by atoms with Crippen LogP contribution >= 0.6 is 0 Å². The van der Waals surface area contributed by atoms with Crippen molar-refractivity contribution in [2.45, 2.75) is 18.9 Å². The molecule has 0 aliphatic rings. The van der Waals surface area contributed by atoms with Crippen LogP contribution in [0.5, 0.6) is 0 Å². The van der Waals surface area contributed by atoms with Gasteiger partial charge in [0.2, 0.25) is 0 Å². The lowest BCUT2D eigenvalue weighted by atomic mass is 9.98. The Balaban J connectivity index is 2.05. The summed E-state index contributed by atoms with van der Waals surface area (Å²) in [7, 11) is 1.42. The molecule has 1 aromatic heterocycles. The number of benzene rings is 1. The maximum Gasteiger partial charge on any atom is 0.314 e. The van der Waals surface area contributed by atoms with E-state index in [1.54, 1.807) is 12.4 Å². The van der Waals surface area contributed by atoms with Gasteiger partial charge in [-0.2, -0.15) is 0 Å². The first-order chi connectivity index (χ1) is 10.2. The van der Waals surface area contributed by atoms with E-state index in [1.165, 1.54) is 7.11 Å². The number of aromatic nitrogens is 1. The summed E-state index contributed by atoms with van der Waals surface area (Å²) in [5, 5.41) is 3.38. The Labute approximate surface area is 125 Å². The van der Waals surface area contributed by atoms with E-state index in [9.17, 15) is 4.79 Å². The predicted octanol–water partition coefficient (Wildman–Crippen LogP) is 2.69. The second-order valence-corrected chi connectivity index (χ2v) is 4.90. The molecule has 1 heterocycles. The minimum atomic E-state index is -0.305. The second-order valence-electron chi connectivity index (χ2n) is 4.90. The summed E-state index contributed by atoms with van der Waals surface area (Å²) in [4.78, 5) is 16.0. The fourth-order valence-corrected chi connectivity index (χ4v) is 2.23. The van der Waals surface area contributed by atoms with Crippen LogP contribution in [0.3, 0.4) is 0 Å². The molecule has 0 saturated heterocycles. The molecule has 0 aliphatic carbocycles. The Morgan fingerprint density at radius 2 is 1.81 bits per heavy atom. The number of ether oxygens (including phenoxy) is 1. The van der Waals surface area contributed by atoms with Crippen molar-refractivity contribution in [3.63, 3.8) is 0 Å². The van der Waals surface area contributed by atoms with Crippen LogP contribution in [0.4, 0.5) is 0 Å². The van der Waals surface area contributed by atoms with E-state index < -0.39 is 0 Å². The van der Waals surface area contributed by atoms with Crippen LogP contribution in [0.15, 0.2) is 54.9 Å². The van der Waals surface area contributed by atoms with Crippen LogP contribution in [-0.2, 0) is 9.53 Å². The van der Waals surface area contributed by atoms with Gasteiger partial charge in [-0.05, 0) is 30.2 Å². The van der Waals surface area contributed by atoms with E-state index >= 15 is 0 Å². The summed E-state index contributed by atoms with van der Waals surface area (Å²) >= 11 is 0. The van der Waals surface area contributed by atoms with Gasteiger partial charge in [-0.25, -0.2) is 0 Å². The number of rotatable bonds is 6. The topological polar surface area (TPSA) is 51.2 Å². The molecule has 4 heteroatoms. The maximum atomic E-state index is 12.0. The molecule has 0 fully saturated rings. The highest BCUT2D eigenvalue weighted by atomic mass is 16.5. The predicted molar refractivity (Wildman–Crippen MR) is 81.9 cm³/mol. The average molecular weight is 284 g/mol. The van der Waals surface area contributed by atoms with Crippen molar-refractivity contribution in [1.29, 1.82) is 0 Å². The zero-order valence-electron chi connectivity index (χ0n) is 12.3. The molecule has 4 nitrogen and oxygen atoms in total. The Kier molecular flexibility index (Phi) is 5.46. The van der Waals surface area contributed by atoms with E-state index in [2.05, 4.69) is 17.2 Å². The molecule has 0 aliphatic heterocycles. The highest BCUT2D eigenvalue weighted by Gasteiger charge is 2.21. The molecule has 0 bridgehead atoms. The molecule has 110 valence electrons. The highest BCUT2D eigenvalue weighted by molar-refractivity contribution is 5.78. The number of carbonyl (C=O) groups is 1. The molecule has 1 aromatic carbocycles. The molecule has 0 radical (unpaired) electrons. The average Bonchev–Trinajstić information content (AvgIpc) is 2.56. The first kappa shape index (κ1) is 15.2. The first-order valence-electron chi connectivity index (χ1n) is 6.98. The molecule has 0 amide bonds. The first-order valence-corrected chi connectivity index (χ1v) is 6.98. The molecule has 2 atom stereocenters. The van der Waals surface area contributed by atoms with Crippen LogP contribution in [0.1, 0.15) is 30.0 Å². The fourth-order valence-electron chi connectivity index (χ4n) is 2.23. The van der Waals surface area contributed by atoms with E-state index in [1.807, 2.05) is 42.5 Å².